The fourth-order valence-electron chi connectivity index (χ4n) is 4.41. The first-order valence-corrected chi connectivity index (χ1v) is 11.9. The number of carbonyl (C=O) groups excluding carboxylic acids is 4. The van der Waals surface area contributed by atoms with Gasteiger partial charge in [0.05, 0.1) is 18.8 Å². The van der Waals surface area contributed by atoms with Crippen LogP contribution in [0, 0.1) is 11.6 Å². The summed E-state index contributed by atoms with van der Waals surface area (Å²) >= 11 is 0. The lowest BCUT2D eigenvalue weighted by molar-refractivity contribution is -0.152. The number of ether oxygens (including phenoxy) is 2. The van der Waals surface area contributed by atoms with E-state index in [4.69, 9.17) is 20.3 Å². The van der Waals surface area contributed by atoms with Gasteiger partial charge in [0.1, 0.15) is 29.6 Å². The van der Waals surface area contributed by atoms with Gasteiger partial charge in [0, 0.05) is 25.6 Å². The maximum absolute atomic E-state index is 14.2. The first-order chi connectivity index (χ1) is 18.0. The van der Waals surface area contributed by atoms with Gasteiger partial charge in [-0.05, 0) is 27.7 Å². The second-order valence-corrected chi connectivity index (χ2v) is 10.5. The minimum absolute atomic E-state index is 0.335. The van der Waals surface area contributed by atoms with Crippen LogP contribution in [0.4, 0.5) is 19.3 Å². The van der Waals surface area contributed by atoms with Gasteiger partial charge in [0.15, 0.2) is 11.6 Å². The smallest absolute Gasteiger partial charge is 0.405 e. The topological polar surface area (TPSA) is 181 Å². The average Bonchev–Trinajstić information content (AvgIpc) is 3.19. The lowest BCUT2D eigenvalue weighted by Crippen LogP contribution is -2.59. The van der Waals surface area contributed by atoms with E-state index >= 15 is 0 Å². The number of amides is 5. The Labute approximate surface area is 222 Å². The third-order valence-corrected chi connectivity index (χ3v) is 6.40. The molecule has 1 saturated heterocycles. The summed E-state index contributed by atoms with van der Waals surface area (Å²) in [5, 5.41) is 13.3. The number of carbonyl (C=O) groups is 5. The lowest BCUT2D eigenvalue weighted by Gasteiger charge is -2.36. The molecule has 0 aromatic heterocycles. The zero-order valence-electron chi connectivity index (χ0n) is 22.0. The number of nitrogens with zero attached hydrogens (tertiary/aromatic N) is 2. The van der Waals surface area contributed by atoms with Crippen molar-refractivity contribution < 1.29 is 47.3 Å². The molecule has 39 heavy (non-hydrogen) atoms. The molecule has 2 aliphatic rings. The van der Waals surface area contributed by atoms with Crippen molar-refractivity contribution in [3.05, 3.63) is 23.8 Å². The second-order valence-electron chi connectivity index (χ2n) is 10.5. The van der Waals surface area contributed by atoms with Crippen molar-refractivity contribution >= 4 is 35.4 Å². The van der Waals surface area contributed by atoms with E-state index in [0.717, 1.165) is 15.9 Å². The highest BCUT2D eigenvalue weighted by molar-refractivity contribution is 6.03. The van der Waals surface area contributed by atoms with E-state index in [1.807, 2.05) is 5.32 Å². The molecule has 2 aliphatic heterocycles. The van der Waals surface area contributed by atoms with Crippen LogP contribution in [0.3, 0.4) is 0 Å². The van der Waals surface area contributed by atoms with E-state index in [9.17, 15) is 32.8 Å². The summed E-state index contributed by atoms with van der Waals surface area (Å²) in [6.45, 7) is 5.51. The van der Waals surface area contributed by atoms with Crippen LogP contribution in [0.5, 0.6) is 5.75 Å². The molecule has 214 valence electrons. The zero-order valence-corrected chi connectivity index (χ0v) is 22.0. The van der Waals surface area contributed by atoms with E-state index in [-0.39, 0.29) is 12.4 Å². The van der Waals surface area contributed by atoms with Crippen LogP contribution < -0.4 is 21.1 Å². The van der Waals surface area contributed by atoms with Crippen molar-refractivity contribution in [2.24, 2.45) is 5.73 Å². The van der Waals surface area contributed by atoms with Crippen LogP contribution in [0.15, 0.2) is 12.1 Å². The normalized spacial score (nSPS) is 21.9. The molecule has 0 bridgehead atoms. The first-order valence-electron chi connectivity index (χ1n) is 11.9. The van der Waals surface area contributed by atoms with Gasteiger partial charge < -0.3 is 40.7 Å². The molecule has 5 N–H and O–H groups in total. The molecule has 0 unspecified atom stereocenters. The standard InChI is InChI=1S/C24H31F2N5O8/c1-11(28-22(36)37)19(33)30(5)15(9-38-23(2,3)4)20(34)31-10-24(8-14(31)18(27)32)21(35)29-17-13(26)6-12(25)7-16(17)39-24/h6-7,11,14-15,28H,8-10H2,1-5H3,(H2,27,32)(H,29,35)(H,36,37)/t11-,14-,15-,24+/m0/s1. The van der Waals surface area contributed by atoms with Crippen molar-refractivity contribution in [3.8, 4) is 5.75 Å². The number of rotatable bonds is 7. The van der Waals surface area contributed by atoms with Crippen LogP contribution in [0.1, 0.15) is 34.1 Å². The van der Waals surface area contributed by atoms with Crippen LogP contribution >= 0.6 is 0 Å². The second kappa shape index (κ2) is 10.6. The first kappa shape index (κ1) is 29.5. The van der Waals surface area contributed by atoms with E-state index in [0.29, 0.717) is 6.07 Å². The van der Waals surface area contributed by atoms with Gasteiger partial charge in [-0.15, -0.1) is 0 Å². The number of nitrogens with two attached hydrogens (primary N) is 1. The van der Waals surface area contributed by atoms with Gasteiger partial charge in [0.2, 0.25) is 23.3 Å². The molecule has 0 aliphatic carbocycles. The highest BCUT2D eigenvalue weighted by Crippen LogP contribution is 2.42. The van der Waals surface area contributed by atoms with Crippen LogP contribution in [-0.4, -0.2) is 94.2 Å². The Hall–Kier alpha value is -4.01. The van der Waals surface area contributed by atoms with Crippen molar-refractivity contribution in [2.45, 2.75) is 63.4 Å². The lowest BCUT2D eigenvalue weighted by atomic mass is 9.96. The molecular weight excluding hydrogens is 524 g/mol. The highest BCUT2D eigenvalue weighted by atomic mass is 19.1. The number of anilines is 1. The molecule has 13 nitrogen and oxygen atoms in total. The number of carboxylic acid groups (broad SMARTS) is 1. The number of likely N-dealkylation sites (N-methyl/N-ethyl adjacent to an activating group) is 1. The number of halogens is 2. The van der Waals surface area contributed by atoms with Gasteiger partial charge in [-0.2, -0.15) is 0 Å². The SMILES string of the molecule is C[C@H](NC(=O)O)C(=O)N(C)[C@@H](COC(C)(C)C)C(=O)N1C[C@@]2(C[C@H]1C(N)=O)Oc1cc(F)cc(F)c1NC2=O. The Morgan fingerprint density at radius 3 is 2.54 bits per heavy atom. The van der Waals surface area contributed by atoms with Crippen LogP contribution in [0.2, 0.25) is 0 Å². The Morgan fingerprint density at radius 1 is 1.33 bits per heavy atom. The monoisotopic (exact) mass is 555 g/mol. The van der Waals surface area contributed by atoms with Crippen molar-refractivity contribution in [1.29, 1.82) is 0 Å². The Kier molecular flexibility index (Phi) is 8.05. The van der Waals surface area contributed by atoms with Crippen LogP contribution in [0.25, 0.3) is 0 Å². The largest absolute Gasteiger partial charge is 0.473 e. The van der Waals surface area contributed by atoms with Crippen molar-refractivity contribution in [1.82, 2.24) is 15.1 Å². The molecule has 0 radical (unpaired) electrons. The number of likely N-dealkylation sites (tertiary alicyclic amines) is 1. The summed E-state index contributed by atoms with van der Waals surface area (Å²) in [5.74, 6) is -5.87. The number of hydrogen-bond acceptors (Lipinski definition) is 7. The third-order valence-electron chi connectivity index (χ3n) is 6.40. The molecule has 1 aromatic rings. The van der Waals surface area contributed by atoms with Gasteiger partial charge in [-0.3, -0.25) is 19.2 Å². The third kappa shape index (κ3) is 6.19. The maximum atomic E-state index is 14.2. The summed E-state index contributed by atoms with van der Waals surface area (Å²) in [6, 6.07) is -2.58. The summed E-state index contributed by atoms with van der Waals surface area (Å²) < 4.78 is 39.5. The fraction of sp³-hybridized carbons (Fsp3) is 0.542. The van der Waals surface area contributed by atoms with Crippen molar-refractivity contribution in [2.75, 3.05) is 25.5 Å². The van der Waals surface area contributed by atoms with Crippen molar-refractivity contribution in [3.63, 3.8) is 0 Å². The van der Waals surface area contributed by atoms with E-state index in [2.05, 4.69) is 5.32 Å². The Morgan fingerprint density at radius 2 is 1.97 bits per heavy atom. The number of hydrogen-bond donors (Lipinski definition) is 4. The zero-order chi connectivity index (χ0) is 29.4. The molecule has 2 heterocycles. The summed E-state index contributed by atoms with van der Waals surface area (Å²) in [4.78, 5) is 65.2. The number of benzene rings is 1. The van der Waals surface area contributed by atoms with Gasteiger partial charge in [0.25, 0.3) is 5.91 Å². The minimum Gasteiger partial charge on any atom is -0.473 e. The summed E-state index contributed by atoms with van der Waals surface area (Å²) in [7, 11) is 1.26. The molecule has 1 spiro atoms. The number of primary amides is 1. The summed E-state index contributed by atoms with van der Waals surface area (Å²) in [6.07, 6.45) is -1.89. The van der Waals surface area contributed by atoms with E-state index < -0.39 is 89.3 Å². The van der Waals surface area contributed by atoms with Crippen LogP contribution in [-0.2, 0) is 23.9 Å². The minimum atomic E-state index is -1.92. The highest BCUT2D eigenvalue weighted by Gasteiger charge is 2.58. The predicted octanol–water partition coefficient (Wildman–Crippen LogP) is 0.419. The molecule has 0 saturated carbocycles. The summed E-state index contributed by atoms with van der Waals surface area (Å²) in [5.41, 5.74) is 2.49. The van der Waals surface area contributed by atoms with Gasteiger partial charge >= 0.3 is 6.09 Å². The molecule has 1 aromatic carbocycles. The number of nitrogens with one attached hydrogen (secondary N) is 2. The maximum Gasteiger partial charge on any atom is 0.405 e. The molecule has 1 fully saturated rings. The molecule has 5 amide bonds. The predicted molar refractivity (Wildman–Crippen MR) is 131 cm³/mol. The van der Waals surface area contributed by atoms with E-state index in [1.165, 1.54) is 14.0 Å². The Bertz CT molecular complexity index is 1210. The molecule has 4 atom stereocenters. The Balaban J connectivity index is 1.96. The number of fused-ring (bicyclic) bond motifs is 1. The fourth-order valence-corrected chi connectivity index (χ4v) is 4.41. The molecule has 3 rings (SSSR count). The van der Waals surface area contributed by atoms with Gasteiger partial charge in [-0.25, -0.2) is 13.6 Å². The van der Waals surface area contributed by atoms with E-state index in [1.54, 1.807) is 20.8 Å². The average molecular weight is 556 g/mol. The quantitative estimate of drug-likeness (QED) is 0.373. The molecule has 15 heteroatoms. The molecular formula is C24H31F2N5O8. The van der Waals surface area contributed by atoms with Gasteiger partial charge in [-0.1, -0.05) is 0 Å².